The monoisotopic (exact) mass is 234 g/mol. The van der Waals surface area contributed by atoms with Gasteiger partial charge in [0.25, 0.3) is 0 Å². The van der Waals surface area contributed by atoms with Gasteiger partial charge in [-0.3, -0.25) is 0 Å². The fourth-order valence-corrected chi connectivity index (χ4v) is 2.99. The van der Waals surface area contributed by atoms with Crippen molar-refractivity contribution in [2.24, 2.45) is 13.0 Å². The molecule has 1 aromatic rings. The number of hydrogen-bond donors (Lipinski definition) is 1. The summed E-state index contributed by atoms with van der Waals surface area (Å²) in [6.45, 7) is 3.34. The SMILES string of the molecule is CCCC1CCC(NCc2ccn(C)c2)CC1. The Morgan fingerprint density at radius 1 is 1.29 bits per heavy atom. The molecule has 1 saturated carbocycles. The Morgan fingerprint density at radius 2 is 2.06 bits per heavy atom. The molecule has 2 heteroatoms. The molecule has 96 valence electrons. The Morgan fingerprint density at radius 3 is 2.65 bits per heavy atom. The van der Waals surface area contributed by atoms with Crippen molar-refractivity contribution >= 4 is 0 Å². The lowest BCUT2D eigenvalue weighted by Gasteiger charge is -2.29. The maximum Gasteiger partial charge on any atom is 0.0223 e. The molecule has 0 atom stereocenters. The summed E-state index contributed by atoms with van der Waals surface area (Å²) in [6, 6.07) is 2.96. The van der Waals surface area contributed by atoms with Crippen molar-refractivity contribution in [3.05, 3.63) is 24.0 Å². The van der Waals surface area contributed by atoms with Gasteiger partial charge < -0.3 is 9.88 Å². The summed E-state index contributed by atoms with van der Waals surface area (Å²) in [5.41, 5.74) is 1.41. The zero-order valence-electron chi connectivity index (χ0n) is 11.3. The number of hydrogen-bond acceptors (Lipinski definition) is 1. The zero-order chi connectivity index (χ0) is 12.1. The molecule has 1 aromatic heterocycles. The Hall–Kier alpha value is -0.760. The van der Waals surface area contributed by atoms with E-state index in [4.69, 9.17) is 0 Å². The first-order valence-corrected chi connectivity index (χ1v) is 7.12. The van der Waals surface area contributed by atoms with Crippen molar-refractivity contribution in [2.45, 2.75) is 58.0 Å². The second kappa shape index (κ2) is 6.25. The van der Waals surface area contributed by atoms with Crippen LogP contribution in [-0.2, 0) is 13.6 Å². The first kappa shape index (κ1) is 12.7. The van der Waals surface area contributed by atoms with E-state index in [0.717, 1.165) is 18.5 Å². The van der Waals surface area contributed by atoms with Gasteiger partial charge in [0.2, 0.25) is 0 Å². The lowest BCUT2D eigenvalue weighted by atomic mass is 9.83. The molecule has 1 fully saturated rings. The molecule has 17 heavy (non-hydrogen) atoms. The van der Waals surface area contributed by atoms with Gasteiger partial charge in [-0.2, -0.15) is 0 Å². The zero-order valence-corrected chi connectivity index (χ0v) is 11.3. The van der Waals surface area contributed by atoms with Gasteiger partial charge in [0, 0.05) is 32.0 Å². The van der Waals surface area contributed by atoms with Crippen LogP contribution in [0.1, 0.15) is 51.0 Å². The largest absolute Gasteiger partial charge is 0.357 e. The van der Waals surface area contributed by atoms with E-state index in [2.05, 4.69) is 42.3 Å². The second-order valence-corrected chi connectivity index (χ2v) is 5.57. The van der Waals surface area contributed by atoms with Crippen LogP contribution in [0.3, 0.4) is 0 Å². The molecule has 1 heterocycles. The van der Waals surface area contributed by atoms with Crippen LogP contribution in [0, 0.1) is 5.92 Å². The molecule has 2 rings (SSSR count). The summed E-state index contributed by atoms with van der Waals surface area (Å²) in [5, 5.41) is 3.70. The molecular weight excluding hydrogens is 208 g/mol. The summed E-state index contributed by atoms with van der Waals surface area (Å²) in [5.74, 6) is 1.01. The molecule has 0 aliphatic heterocycles. The average Bonchev–Trinajstić information content (AvgIpc) is 2.75. The molecule has 0 unspecified atom stereocenters. The summed E-state index contributed by atoms with van der Waals surface area (Å²) < 4.78 is 2.12. The fourth-order valence-electron chi connectivity index (χ4n) is 2.99. The van der Waals surface area contributed by atoms with Gasteiger partial charge in [-0.05, 0) is 43.2 Å². The second-order valence-electron chi connectivity index (χ2n) is 5.57. The Balaban J connectivity index is 1.68. The van der Waals surface area contributed by atoms with Crippen molar-refractivity contribution in [1.82, 2.24) is 9.88 Å². The molecule has 0 spiro atoms. The van der Waals surface area contributed by atoms with E-state index in [1.54, 1.807) is 0 Å². The lowest BCUT2D eigenvalue weighted by molar-refractivity contribution is 0.277. The Bertz CT molecular complexity index is 321. The molecule has 0 amide bonds. The quantitative estimate of drug-likeness (QED) is 0.825. The number of nitrogens with zero attached hydrogens (tertiary/aromatic N) is 1. The molecule has 2 nitrogen and oxygen atoms in total. The van der Waals surface area contributed by atoms with Crippen LogP contribution in [0.15, 0.2) is 18.5 Å². The van der Waals surface area contributed by atoms with Crippen molar-refractivity contribution in [2.75, 3.05) is 0 Å². The highest BCUT2D eigenvalue weighted by Crippen LogP contribution is 2.27. The number of nitrogens with one attached hydrogen (secondary N) is 1. The summed E-state index contributed by atoms with van der Waals surface area (Å²) >= 11 is 0. The normalized spacial score (nSPS) is 25.1. The minimum atomic E-state index is 0.753. The van der Waals surface area contributed by atoms with Gasteiger partial charge >= 0.3 is 0 Å². The minimum absolute atomic E-state index is 0.753. The van der Waals surface area contributed by atoms with E-state index in [9.17, 15) is 0 Å². The van der Waals surface area contributed by atoms with Crippen LogP contribution >= 0.6 is 0 Å². The lowest BCUT2D eigenvalue weighted by Crippen LogP contribution is -2.32. The third kappa shape index (κ3) is 3.88. The van der Waals surface area contributed by atoms with Crippen LogP contribution in [0.25, 0.3) is 0 Å². The van der Waals surface area contributed by atoms with E-state index in [-0.39, 0.29) is 0 Å². The molecular formula is C15H26N2. The number of aromatic nitrogens is 1. The first-order chi connectivity index (χ1) is 8.28. The summed E-state index contributed by atoms with van der Waals surface area (Å²) in [4.78, 5) is 0. The highest BCUT2D eigenvalue weighted by Gasteiger charge is 2.19. The van der Waals surface area contributed by atoms with Crippen LogP contribution < -0.4 is 5.32 Å². The number of aryl methyl sites for hydroxylation is 1. The van der Waals surface area contributed by atoms with Crippen LogP contribution in [0.4, 0.5) is 0 Å². The fraction of sp³-hybridized carbons (Fsp3) is 0.733. The molecule has 0 saturated heterocycles. The Kier molecular flexibility index (Phi) is 4.66. The van der Waals surface area contributed by atoms with Crippen LogP contribution in [0.5, 0.6) is 0 Å². The van der Waals surface area contributed by atoms with Gasteiger partial charge in [-0.15, -0.1) is 0 Å². The first-order valence-electron chi connectivity index (χ1n) is 7.12. The van der Waals surface area contributed by atoms with E-state index in [0.29, 0.717) is 0 Å². The summed E-state index contributed by atoms with van der Waals surface area (Å²) in [7, 11) is 2.08. The molecule has 0 aromatic carbocycles. The van der Waals surface area contributed by atoms with Crippen molar-refractivity contribution in [3.63, 3.8) is 0 Å². The maximum atomic E-state index is 3.70. The van der Waals surface area contributed by atoms with E-state index < -0.39 is 0 Å². The van der Waals surface area contributed by atoms with Crippen molar-refractivity contribution in [3.8, 4) is 0 Å². The Labute approximate surface area is 105 Å². The highest BCUT2D eigenvalue weighted by molar-refractivity contribution is 5.09. The standard InChI is InChI=1S/C15H26N2/c1-3-4-13-5-7-15(8-6-13)16-11-14-9-10-17(2)12-14/h9-10,12-13,15-16H,3-8,11H2,1-2H3. The molecule has 1 aliphatic carbocycles. The van der Waals surface area contributed by atoms with Crippen molar-refractivity contribution in [1.29, 1.82) is 0 Å². The van der Waals surface area contributed by atoms with Gasteiger partial charge in [0.15, 0.2) is 0 Å². The molecule has 0 bridgehead atoms. The maximum absolute atomic E-state index is 3.70. The van der Waals surface area contributed by atoms with Gasteiger partial charge in [-0.1, -0.05) is 19.8 Å². The van der Waals surface area contributed by atoms with Crippen LogP contribution in [0.2, 0.25) is 0 Å². The molecule has 1 aliphatic rings. The molecule has 1 N–H and O–H groups in total. The van der Waals surface area contributed by atoms with E-state index >= 15 is 0 Å². The summed E-state index contributed by atoms with van der Waals surface area (Å²) in [6.07, 6.45) is 12.7. The third-order valence-electron chi connectivity index (χ3n) is 4.03. The van der Waals surface area contributed by atoms with Crippen molar-refractivity contribution < 1.29 is 0 Å². The van der Waals surface area contributed by atoms with Gasteiger partial charge in [0.05, 0.1) is 0 Å². The topological polar surface area (TPSA) is 17.0 Å². The average molecular weight is 234 g/mol. The van der Waals surface area contributed by atoms with Gasteiger partial charge in [0.1, 0.15) is 0 Å². The van der Waals surface area contributed by atoms with E-state index in [1.165, 1.54) is 44.1 Å². The predicted molar refractivity (Wildman–Crippen MR) is 72.9 cm³/mol. The van der Waals surface area contributed by atoms with E-state index in [1.807, 2.05) is 0 Å². The smallest absolute Gasteiger partial charge is 0.0223 e. The minimum Gasteiger partial charge on any atom is -0.357 e. The molecule has 0 radical (unpaired) electrons. The highest BCUT2D eigenvalue weighted by atomic mass is 14.9. The van der Waals surface area contributed by atoms with Gasteiger partial charge in [-0.25, -0.2) is 0 Å². The van der Waals surface area contributed by atoms with Crippen LogP contribution in [-0.4, -0.2) is 10.6 Å². The third-order valence-corrected chi connectivity index (χ3v) is 4.03. The predicted octanol–water partition coefficient (Wildman–Crippen LogP) is 3.47. The number of rotatable bonds is 5.